The van der Waals surface area contributed by atoms with Crippen molar-refractivity contribution in [2.45, 2.75) is 4.90 Å². The second kappa shape index (κ2) is 5.73. The van der Waals surface area contributed by atoms with Crippen LogP contribution in [0.3, 0.4) is 0 Å². The molecule has 2 aromatic rings. The minimum absolute atomic E-state index is 0.0395. The molecule has 0 bridgehead atoms. The first kappa shape index (κ1) is 14.5. The Labute approximate surface area is 140 Å². The second-order valence-electron chi connectivity index (χ2n) is 4.49. The topological polar surface area (TPSA) is 46.5 Å². The van der Waals surface area contributed by atoms with Crippen molar-refractivity contribution in [3.63, 3.8) is 0 Å². The third-order valence-electron chi connectivity index (χ3n) is 3.14. The molecule has 0 aliphatic carbocycles. The average molecular weight is 410 g/mol. The third kappa shape index (κ3) is 2.67. The molecule has 0 saturated carbocycles. The maximum absolute atomic E-state index is 12.3. The monoisotopic (exact) mass is 410 g/mol. The van der Waals surface area contributed by atoms with Gasteiger partial charge in [0, 0.05) is 10.5 Å². The molecule has 2 aromatic carbocycles. The van der Waals surface area contributed by atoms with Crippen molar-refractivity contribution >= 4 is 46.2 Å². The predicted molar refractivity (Wildman–Crippen MR) is 92.0 cm³/mol. The zero-order chi connectivity index (χ0) is 15.0. The fourth-order valence-corrected chi connectivity index (χ4v) is 3.80. The number of carbonyl (C=O) groups is 1. The highest BCUT2D eigenvalue weighted by Gasteiger charge is 2.25. The van der Waals surface area contributed by atoms with Crippen LogP contribution >= 0.6 is 34.4 Å². The van der Waals surface area contributed by atoms with Crippen molar-refractivity contribution < 1.29 is 14.6 Å². The van der Waals surface area contributed by atoms with Gasteiger partial charge in [-0.15, -0.1) is 0 Å². The summed E-state index contributed by atoms with van der Waals surface area (Å²) in [5, 5.41) is 9.85. The Hall–Kier alpha value is -1.47. The van der Waals surface area contributed by atoms with Crippen LogP contribution in [0, 0.1) is 3.57 Å². The Bertz CT molecular complexity index is 768. The number of Topliss-reactive ketones (excluding diaryl/α,β-unsaturated/α-hetero) is 1. The number of thioether (sulfide) groups is 1. The normalized spacial score (nSPS) is 15.3. The predicted octanol–water partition coefficient (Wildman–Crippen LogP) is 4.33. The van der Waals surface area contributed by atoms with Gasteiger partial charge >= 0.3 is 0 Å². The van der Waals surface area contributed by atoms with E-state index < -0.39 is 0 Å². The summed E-state index contributed by atoms with van der Waals surface area (Å²) in [6, 6.07) is 11.1. The van der Waals surface area contributed by atoms with Crippen molar-refractivity contribution in [2.24, 2.45) is 0 Å². The lowest BCUT2D eigenvalue weighted by molar-refractivity contribution is 0.104. The number of halogens is 1. The number of rotatable bonds is 2. The molecule has 0 amide bonds. The van der Waals surface area contributed by atoms with Gasteiger partial charge in [0.25, 0.3) is 0 Å². The van der Waals surface area contributed by atoms with E-state index in [-0.39, 0.29) is 11.5 Å². The number of phenolic OH excluding ortho intramolecular Hbond substituents is 1. The van der Waals surface area contributed by atoms with Crippen LogP contribution in [0.25, 0.3) is 6.08 Å². The van der Waals surface area contributed by atoms with E-state index in [2.05, 4.69) is 0 Å². The number of fused-ring (bicyclic) bond motifs is 1. The van der Waals surface area contributed by atoms with Crippen molar-refractivity contribution in [2.75, 3.05) is 7.11 Å². The summed E-state index contributed by atoms with van der Waals surface area (Å²) >= 11 is 3.51. The number of hydrogen-bond donors (Lipinski definition) is 1. The Morgan fingerprint density at radius 2 is 2.05 bits per heavy atom. The van der Waals surface area contributed by atoms with Gasteiger partial charge in [-0.25, -0.2) is 0 Å². The fraction of sp³-hybridized carbons (Fsp3) is 0.0625. The van der Waals surface area contributed by atoms with E-state index in [1.54, 1.807) is 6.07 Å². The van der Waals surface area contributed by atoms with Crippen LogP contribution < -0.4 is 4.74 Å². The molecule has 1 aliphatic heterocycles. The standard InChI is InChI=1S/C16H11IO3S/c1-20-12-7-9(6-11(17)16(12)19)8-14-15(18)10-4-2-3-5-13(10)21-14/h2-8,19H,1H3. The maximum atomic E-state index is 12.3. The summed E-state index contributed by atoms with van der Waals surface area (Å²) in [7, 11) is 1.51. The van der Waals surface area contributed by atoms with Gasteiger partial charge in [0.05, 0.1) is 15.6 Å². The van der Waals surface area contributed by atoms with Gasteiger partial charge in [-0.1, -0.05) is 23.9 Å². The lowest BCUT2D eigenvalue weighted by Gasteiger charge is -2.07. The molecule has 21 heavy (non-hydrogen) atoms. The second-order valence-corrected chi connectivity index (χ2v) is 6.74. The number of phenols is 1. The van der Waals surface area contributed by atoms with Crippen LogP contribution in [-0.2, 0) is 0 Å². The smallest absolute Gasteiger partial charge is 0.200 e. The van der Waals surface area contributed by atoms with Crippen LogP contribution in [-0.4, -0.2) is 18.0 Å². The van der Waals surface area contributed by atoms with Crippen molar-refractivity contribution in [1.82, 2.24) is 0 Å². The maximum Gasteiger partial charge on any atom is 0.200 e. The average Bonchev–Trinajstić information content (AvgIpc) is 2.79. The third-order valence-corrected chi connectivity index (χ3v) is 5.07. The molecule has 3 rings (SSSR count). The summed E-state index contributed by atoms with van der Waals surface area (Å²) in [6.45, 7) is 0. The van der Waals surface area contributed by atoms with E-state index in [4.69, 9.17) is 4.74 Å². The Kier molecular flexibility index (Phi) is 3.95. The molecule has 106 valence electrons. The van der Waals surface area contributed by atoms with Crippen LogP contribution in [0.5, 0.6) is 11.5 Å². The van der Waals surface area contributed by atoms with Gasteiger partial charge in [-0.05, 0) is 58.5 Å². The first-order chi connectivity index (χ1) is 10.1. The molecule has 1 aliphatic rings. The first-order valence-corrected chi connectivity index (χ1v) is 8.09. The summed E-state index contributed by atoms with van der Waals surface area (Å²) in [5.74, 6) is 0.563. The largest absolute Gasteiger partial charge is 0.504 e. The van der Waals surface area contributed by atoms with Crippen LogP contribution in [0.1, 0.15) is 15.9 Å². The molecule has 0 aromatic heterocycles. The Balaban J connectivity index is 2.01. The number of hydrogen-bond acceptors (Lipinski definition) is 4. The number of benzene rings is 2. The van der Waals surface area contributed by atoms with E-state index in [0.29, 0.717) is 14.2 Å². The minimum atomic E-state index is 0.0395. The molecule has 0 atom stereocenters. The van der Waals surface area contributed by atoms with Crippen LogP contribution in [0.2, 0.25) is 0 Å². The van der Waals surface area contributed by atoms with Crippen molar-refractivity contribution in [3.05, 3.63) is 56.0 Å². The van der Waals surface area contributed by atoms with E-state index in [1.165, 1.54) is 18.9 Å². The lowest BCUT2D eigenvalue weighted by Crippen LogP contribution is -1.94. The number of allylic oxidation sites excluding steroid dienone is 1. The quantitative estimate of drug-likeness (QED) is 0.592. The molecule has 3 nitrogen and oxygen atoms in total. The molecular formula is C16H11IO3S. The number of carbonyl (C=O) groups excluding carboxylic acids is 1. The summed E-state index contributed by atoms with van der Waals surface area (Å²) in [5.41, 5.74) is 1.58. The summed E-state index contributed by atoms with van der Waals surface area (Å²) in [4.78, 5) is 14.0. The first-order valence-electron chi connectivity index (χ1n) is 6.20. The van der Waals surface area contributed by atoms with Crippen molar-refractivity contribution in [1.29, 1.82) is 0 Å². The zero-order valence-electron chi connectivity index (χ0n) is 11.1. The zero-order valence-corrected chi connectivity index (χ0v) is 14.1. The minimum Gasteiger partial charge on any atom is -0.504 e. The molecular weight excluding hydrogens is 399 g/mol. The van der Waals surface area contributed by atoms with Crippen molar-refractivity contribution in [3.8, 4) is 11.5 Å². The fourth-order valence-electron chi connectivity index (χ4n) is 2.12. The molecule has 1 N–H and O–H groups in total. The van der Waals surface area contributed by atoms with E-state index in [0.717, 1.165) is 16.0 Å². The highest BCUT2D eigenvalue weighted by Crippen LogP contribution is 2.41. The van der Waals surface area contributed by atoms with Gasteiger partial charge < -0.3 is 9.84 Å². The molecule has 0 fully saturated rings. The van der Waals surface area contributed by atoms with Gasteiger partial charge in [0.1, 0.15) is 0 Å². The lowest BCUT2D eigenvalue weighted by atomic mass is 10.1. The highest BCUT2D eigenvalue weighted by atomic mass is 127. The van der Waals surface area contributed by atoms with Crippen LogP contribution in [0.4, 0.5) is 0 Å². The number of aromatic hydroxyl groups is 1. The van der Waals surface area contributed by atoms with Gasteiger partial charge in [0.2, 0.25) is 5.78 Å². The summed E-state index contributed by atoms with van der Waals surface area (Å²) in [6.07, 6.45) is 1.83. The highest BCUT2D eigenvalue weighted by molar-refractivity contribution is 14.1. The molecule has 0 saturated heterocycles. The number of methoxy groups -OCH3 is 1. The van der Waals surface area contributed by atoms with Gasteiger partial charge in [-0.3, -0.25) is 4.79 Å². The molecule has 1 heterocycles. The van der Waals surface area contributed by atoms with Gasteiger partial charge in [0.15, 0.2) is 11.5 Å². The van der Waals surface area contributed by atoms with Gasteiger partial charge in [-0.2, -0.15) is 0 Å². The molecule has 0 unspecified atom stereocenters. The Morgan fingerprint density at radius 3 is 2.76 bits per heavy atom. The Morgan fingerprint density at radius 1 is 1.29 bits per heavy atom. The molecule has 0 radical (unpaired) electrons. The number of ether oxygens (including phenoxy) is 1. The van der Waals surface area contributed by atoms with E-state index in [1.807, 2.05) is 59.0 Å². The van der Waals surface area contributed by atoms with Crippen LogP contribution in [0.15, 0.2) is 46.2 Å². The number of ketones is 1. The SMILES string of the molecule is COc1cc(C=C2Sc3ccccc3C2=O)cc(I)c1O. The van der Waals surface area contributed by atoms with E-state index >= 15 is 0 Å². The summed E-state index contributed by atoms with van der Waals surface area (Å²) < 4.78 is 5.83. The molecule has 0 spiro atoms. The molecule has 5 heteroatoms. The van der Waals surface area contributed by atoms with E-state index in [9.17, 15) is 9.90 Å².